The van der Waals surface area contributed by atoms with E-state index in [-0.39, 0.29) is 17.9 Å². The Morgan fingerprint density at radius 1 is 0.829 bits per heavy atom. The summed E-state index contributed by atoms with van der Waals surface area (Å²) in [6.07, 6.45) is 2.11. The van der Waals surface area contributed by atoms with Gasteiger partial charge >= 0.3 is 0 Å². The molecule has 1 unspecified atom stereocenters. The van der Waals surface area contributed by atoms with Gasteiger partial charge in [0.2, 0.25) is 17.8 Å². The molecule has 0 bridgehead atoms. The molecular weight excluding hydrogens is 512 g/mol. The Balaban J connectivity index is 1.15. The van der Waals surface area contributed by atoms with Crippen LogP contribution in [0.4, 0.5) is 11.8 Å². The molecule has 0 saturated carbocycles. The average Bonchev–Trinajstić information content (AvgIpc) is 3.32. The number of aromatic nitrogens is 2. The van der Waals surface area contributed by atoms with Crippen LogP contribution >= 0.6 is 0 Å². The van der Waals surface area contributed by atoms with Crippen molar-refractivity contribution in [2.45, 2.75) is 32.2 Å². The number of nitrogens with zero attached hydrogens (tertiary/aromatic N) is 5. The van der Waals surface area contributed by atoms with Crippen LogP contribution in [0.5, 0.6) is 0 Å². The van der Waals surface area contributed by atoms with Crippen LogP contribution in [-0.2, 0) is 16.0 Å². The fourth-order valence-electron chi connectivity index (χ4n) is 5.95. The van der Waals surface area contributed by atoms with Gasteiger partial charge in [-0.1, -0.05) is 66.7 Å². The van der Waals surface area contributed by atoms with Crippen molar-refractivity contribution in [3.8, 4) is 11.1 Å². The summed E-state index contributed by atoms with van der Waals surface area (Å²) in [5.74, 6) is 1.73. The van der Waals surface area contributed by atoms with E-state index in [9.17, 15) is 9.59 Å². The van der Waals surface area contributed by atoms with Crippen LogP contribution in [0.15, 0.2) is 78.9 Å². The molecule has 2 saturated heterocycles. The highest BCUT2D eigenvalue weighted by Gasteiger charge is 2.28. The Hall–Kier alpha value is -4.46. The van der Waals surface area contributed by atoms with Crippen LogP contribution in [0, 0.1) is 0 Å². The number of para-hydroxylation sites is 1. The van der Waals surface area contributed by atoms with Crippen molar-refractivity contribution in [3.63, 3.8) is 0 Å². The van der Waals surface area contributed by atoms with E-state index in [1.807, 2.05) is 58.3 Å². The minimum absolute atomic E-state index is 0.0784. The minimum Gasteiger partial charge on any atom is -0.354 e. The molecule has 210 valence electrons. The van der Waals surface area contributed by atoms with Crippen molar-refractivity contribution in [2.75, 3.05) is 49.5 Å². The van der Waals surface area contributed by atoms with E-state index in [1.165, 1.54) is 0 Å². The van der Waals surface area contributed by atoms with Crippen molar-refractivity contribution >= 4 is 34.5 Å². The molecule has 1 aromatic heterocycles. The van der Waals surface area contributed by atoms with E-state index in [0.717, 1.165) is 65.9 Å². The molecule has 2 fully saturated rings. The maximum absolute atomic E-state index is 13.4. The molecule has 6 rings (SSSR count). The first kappa shape index (κ1) is 26.7. The molecule has 3 aromatic carbocycles. The predicted molar refractivity (Wildman–Crippen MR) is 163 cm³/mol. The van der Waals surface area contributed by atoms with Crippen LogP contribution in [0.2, 0.25) is 0 Å². The molecular formula is C33H36N6O2. The zero-order chi connectivity index (χ0) is 28.2. The number of carbonyl (C=O) groups excluding carboxylic acids is 2. The molecule has 3 heterocycles. The summed E-state index contributed by atoms with van der Waals surface area (Å²) in [5.41, 5.74) is 4.16. The molecule has 8 heteroatoms. The summed E-state index contributed by atoms with van der Waals surface area (Å²) in [6.45, 7) is 5.98. The number of fused-ring (bicyclic) bond motifs is 1. The van der Waals surface area contributed by atoms with Crippen LogP contribution in [0.1, 0.15) is 25.3 Å². The first-order valence-electron chi connectivity index (χ1n) is 14.5. The fourth-order valence-corrected chi connectivity index (χ4v) is 5.95. The number of carbonyl (C=O) groups is 2. The smallest absolute Gasteiger partial charge is 0.227 e. The molecule has 0 radical (unpaired) electrons. The Kier molecular flexibility index (Phi) is 7.80. The summed E-state index contributed by atoms with van der Waals surface area (Å²) in [4.78, 5) is 41.3. The van der Waals surface area contributed by atoms with Crippen molar-refractivity contribution in [1.29, 1.82) is 0 Å². The SMILES string of the molecule is CC(=O)N1CCCN(c2nc(NC3CCN(C(=O)Cc4ccccc4-c4ccccc4)C3)nc3ccccc23)CC1. The maximum atomic E-state index is 13.4. The number of rotatable bonds is 6. The molecule has 2 aliphatic rings. The Morgan fingerprint density at radius 3 is 2.46 bits per heavy atom. The van der Waals surface area contributed by atoms with Gasteiger partial charge < -0.3 is 20.0 Å². The lowest BCUT2D eigenvalue weighted by molar-refractivity contribution is -0.129. The topological polar surface area (TPSA) is 81.7 Å². The number of hydrogen-bond donors (Lipinski definition) is 1. The summed E-state index contributed by atoms with van der Waals surface area (Å²) >= 11 is 0. The highest BCUT2D eigenvalue weighted by Crippen LogP contribution is 2.28. The lowest BCUT2D eigenvalue weighted by Crippen LogP contribution is -2.34. The zero-order valence-electron chi connectivity index (χ0n) is 23.5. The monoisotopic (exact) mass is 548 g/mol. The number of anilines is 2. The van der Waals surface area contributed by atoms with Gasteiger partial charge in [0, 0.05) is 57.6 Å². The van der Waals surface area contributed by atoms with Gasteiger partial charge in [-0.3, -0.25) is 9.59 Å². The van der Waals surface area contributed by atoms with E-state index >= 15 is 0 Å². The van der Waals surface area contributed by atoms with Crippen molar-refractivity contribution in [2.24, 2.45) is 0 Å². The number of likely N-dealkylation sites (tertiary alicyclic amines) is 1. The van der Waals surface area contributed by atoms with Crippen LogP contribution < -0.4 is 10.2 Å². The van der Waals surface area contributed by atoms with E-state index in [4.69, 9.17) is 9.97 Å². The quantitative estimate of drug-likeness (QED) is 0.379. The molecule has 1 atom stereocenters. The third-order valence-electron chi connectivity index (χ3n) is 8.14. The lowest BCUT2D eigenvalue weighted by atomic mass is 9.97. The third kappa shape index (κ3) is 6.01. The second-order valence-electron chi connectivity index (χ2n) is 10.9. The zero-order valence-corrected chi connectivity index (χ0v) is 23.5. The molecule has 2 aliphatic heterocycles. The summed E-state index contributed by atoms with van der Waals surface area (Å²) in [6, 6.07) is 26.5. The van der Waals surface area contributed by atoms with Gasteiger partial charge in [-0.15, -0.1) is 0 Å². The Morgan fingerprint density at radius 2 is 1.61 bits per heavy atom. The van der Waals surface area contributed by atoms with Gasteiger partial charge in [0.25, 0.3) is 0 Å². The minimum atomic E-state index is 0.0784. The predicted octanol–water partition coefficient (Wildman–Crippen LogP) is 4.61. The first-order chi connectivity index (χ1) is 20.0. The van der Waals surface area contributed by atoms with E-state index < -0.39 is 0 Å². The van der Waals surface area contributed by atoms with Gasteiger partial charge in [-0.2, -0.15) is 4.98 Å². The number of nitrogens with one attached hydrogen (secondary N) is 1. The molecule has 0 spiro atoms. The van der Waals surface area contributed by atoms with Gasteiger partial charge in [0.05, 0.1) is 11.9 Å². The number of hydrogen-bond acceptors (Lipinski definition) is 6. The van der Waals surface area contributed by atoms with E-state index in [1.54, 1.807) is 6.92 Å². The highest BCUT2D eigenvalue weighted by atomic mass is 16.2. The molecule has 4 aromatic rings. The first-order valence-corrected chi connectivity index (χ1v) is 14.5. The molecule has 8 nitrogen and oxygen atoms in total. The van der Waals surface area contributed by atoms with Gasteiger partial charge in [0.15, 0.2) is 0 Å². The second-order valence-corrected chi connectivity index (χ2v) is 10.9. The van der Waals surface area contributed by atoms with E-state index in [2.05, 4.69) is 40.5 Å². The highest BCUT2D eigenvalue weighted by molar-refractivity contribution is 5.90. The maximum Gasteiger partial charge on any atom is 0.227 e. The summed E-state index contributed by atoms with van der Waals surface area (Å²) in [7, 11) is 0. The van der Waals surface area contributed by atoms with Crippen LogP contribution in [0.3, 0.4) is 0 Å². The molecule has 0 aliphatic carbocycles. The number of amides is 2. The molecule has 41 heavy (non-hydrogen) atoms. The Bertz CT molecular complexity index is 1540. The largest absolute Gasteiger partial charge is 0.354 e. The molecule has 1 N–H and O–H groups in total. The van der Waals surface area contributed by atoms with E-state index in [0.29, 0.717) is 32.0 Å². The normalized spacial score (nSPS) is 17.5. The average molecular weight is 549 g/mol. The number of benzene rings is 3. The summed E-state index contributed by atoms with van der Waals surface area (Å²) < 4.78 is 0. The summed E-state index contributed by atoms with van der Waals surface area (Å²) in [5, 5.41) is 4.54. The second kappa shape index (κ2) is 12.0. The van der Waals surface area contributed by atoms with Gasteiger partial charge in [-0.05, 0) is 41.7 Å². The lowest BCUT2D eigenvalue weighted by Gasteiger charge is -2.24. The molecule has 2 amide bonds. The van der Waals surface area contributed by atoms with Gasteiger partial charge in [0.1, 0.15) is 5.82 Å². The van der Waals surface area contributed by atoms with Crippen LogP contribution in [0.25, 0.3) is 22.0 Å². The third-order valence-corrected chi connectivity index (χ3v) is 8.14. The standard InChI is InChI=1S/C33H36N6O2/c1-24(40)37-17-9-18-38(21-20-37)32-29-14-7-8-15-30(29)35-33(36-32)34-27-16-19-39(23-27)31(41)22-26-12-5-6-13-28(26)25-10-3-2-4-11-25/h2-8,10-15,27H,9,16-23H2,1H3,(H,34,35,36). The van der Waals surface area contributed by atoms with Gasteiger partial charge in [-0.25, -0.2) is 4.98 Å². The van der Waals surface area contributed by atoms with Crippen LogP contribution in [-0.4, -0.2) is 76.9 Å². The van der Waals surface area contributed by atoms with Crippen molar-refractivity contribution < 1.29 is 9.59 Å². The Labute approximate surface area is 241 Å². The fraction of sp³-hybridized carbons (Fsp3) is 0.333. The van der Waals surface area contributed by atoms with Crippen molar-refractivity contribution in [1.82, 2.24) is 19.8 Å². The van der Waals surface area contributed by atoms with Crippen molar-refractivity contribution in [3.05, 3.63) is 84.4 Å².